The molecule has 1 aromatic rings. The van der Waals surface area contributed by atoms with Crippen molar-refractivity contribution in [2.75, 3.05) is 0 Å². The maximum Gasteiger partial charge on any atom is 0.273 e. The van der Waals surface area contributed by atoms with Crippen molar-refractivity contribution in [1.82, 2.24) is 10.5 Å². The Labute approximate surface area is 107 Å². The first-order valence-electron chi connectivity index (χ1n) is 6.56. The molecule has 0 radical (unpaired) electrons. The van der Waals surface area contributed by atoms with Crippen LogP contribution in [0.4, 0.5) is 0 Å². The van der Waals surface area contributed by atoms with Crippen molar-refractivity contribution in [3.8, 4) is 0 Å². The third kappa shape index (κ3) is 3.32. The van der Waals surface area contributed by atoms with E-state index in [4.69, 9.17) is 10.3 Å². The number of nitrogens with two attached hydrogens (primary N) is 1. The molecule has 1 heterocycles. The summed E-state index contributed by atoms with van der Waals surface area (Å²) in [5, 5.41) is 6.76. The molecule has 1 saturated carbocycles. The molecule has 1 amide bonds. The number of nitrogens with one attached hydrogen (secondary N) is 1. The highest BCUT2D eigenvalue weighted by molar-refractivity contribution is 5.92. The molecular formula is C13H21N3O2. The molecule has 1 aromatic heterocycles. The van der Waals surface area contributed by atoms with Crippen LogP contribution in [0.15, 0.2) is 10.6 Å². The Morgan fingerprint density at radius 1 is 1.61 bits per heavy atom. The van der Waals surface area contributed by atoms with Gasteiger partial charge in [-0.15, -0.1) is 0 Å². The van der Waals surface area contributed by atoms with Crippen molar-refractivity contribution in [2.45, 2.75) is 51.6 Å². The zero-order valence-corrected chi connectivity index (χ0v) is 11.0. The minimum Gasteiger partial charge on any atom is -0.361 e. The number of carbonyl (C=O) groups excluding carboxylic acids is 1. The second kappa shape index (κ2) is 5.52. The Morgan fingerprint density at radius 2 is 2.39 bits per heavy atom. The fraction of sp³-hybridized carbons (Fsp3) is 0.692. The van der Waals surface area contributed by atoms with Gasteiger partial charge in [0, 0.05) is 24.6 Å². The molecule has 0 saturated heterocycles. The Hall–Kier alpha value is -1.36. The van der Waals surface area contributed by atoms with Gasteiger partial charge in [-0.1, -0.05) is 19.0 Å². The second-order valence-electron chi connectivity index (χ2n) is 5.52. The van der Waals surface area contributed by atoms with Crippen LogP contribution in [0.5, 0.6) is 0 Å². The molecule has 0 aliphatic heterocycles. The summed E-state index contributed by atoms with van der Waals surface area (Å²) >= 11 is 0. The number of aromatic nitrogens is 1. The third-order valence-electron chi connectivity index (χ3n) is 3.21. The molecule has 3 N–H and O–H groups in total. The van der Waals surface area contributed by atoms with Crippen molar-refractivity contribution >= 4 is 5.91 Å². The lowest BCUT2D eigenvalue weighted by molar-refractivity contribution is 0.0928. The Bertz CT molecular complexity index is 414. The van der Waals surface area contributed by atoms with Crippen LogP contribution in [0.25, 0.3) is 0 Å². The lowest BCUT2D eigenvalue weighted by Crippen LogP contribution is -2.34. The van der Waals surface area contributed by atoms with E-state index >= 15 is 0 Å². The molecule has 2 rings (SSSR count). The van der Waals surface area contributed by atoms with E-state index in [0.29, 0.717) is 11.6 Å². The van der Waals surface area contributed by atoms with Gasteiger partial charge in [0.25, 0.3) is 5.91 Å². The first kappa shape index (κ1) is 13.1. The van der Waals surface area contributed by atoms with Crippen molar-refractivity contribution in [3.05, 3.63) is 17.5 Å². The number of nitrogens with zero attached hydrogens (tertiary/aromatic N) is 1. The van der Waals surface area contributed by atoms with Gasteiger partial charge in [0.15, 0.2) is 5.69 Å². The molecular weight excluding hydrogens is 230 g/mol. The van der Waals surface area contributed by atoms with E-state index < -0.39 is 0 Å². The van der Waals surface area contributed by atoms with Crippen LogP contribution in [0.1, 0.15) is 49.4 Å². The average molecular weight is 251 g/mol. The maximum atomic E-state index is 11.9. The molecule has 1 aliphatic carbocycles. The monoisotopic (exact) mass is 251 g/mol. The highest BCUT2D eigenvalue weighted by atomic mass is 16.5. The lowest BCUT2D eigenvalue weighted by Gasteiger charge is -2.10. The van der Waals surface area contributed by atoms with Gasteiger partial charge in [0.05, 0.1) is 0 Å². The molecule has 0 unspecified atom stereocenters. The van der Waals surface area contributed by atoms with Crippen molar-refractivity contribution in [2.24, 2.45) is 11.7 Å². The van der Waals surface area contributed by atoms with Gasteiger partial charge >= 0.3 is 0 Å². The summed E-state index contributed by atoms with van der Waals surface area (Å²) < 4.78 is 5.15. The molecule has 5 heteroatoms. The van der Waals surface area contributed by atoms with Crippen LogP contribution in [0, 0.1) is 5.92 Å². The molecule has 0 spiro atoms. The summed E-state index contributed by atoms with van der Waals surface area (Å²) in [5.74, 6) is 1.09. The molecule has 0 aromatic carbocycles. The van der Waals surface area contributed by atoms with Crippen LogP contribution < -0.4 is 11.1 Å². The molecule has 5 nitrogen and oxygen atoms in total. The molecule has 100 valence electrons. The summed E-state index contributed by atoms with van der Waals surface area (Å²) in [7, 11) is 0. The predicted octanol–water partition coefficient (Wildman–Crippen LogP) is 1.48. The standard InChI is InChI=1S/C13H21N3O2/c1-8(2)5-11-7-12(16-18-11)13(17)15-10-4-3-9(14)6-10/h7-10H,3-6,14H2,1-2H3,(H,15,17)/t9-,10-/m1/s1. The van der Waals surface area contributed by atoms with E-state index in [1.165, 1.54) is 0 Å². The van der Waals surface area contributed by atoms with Crippen LogP contribution in [-0.2, 0) is 6.42 Å². The van der Waals surface area contributed by atoms with Gasteiger partial charge in [0.2, 0.25) is 0 Å². The zero-order chi connectivity index (χ0) is 13.1. The van der Waals surface area contributed by atoms with Crippen LogP contribution in [0.2, 0.25) is 0 Å². The van der Waals surface area contributed by atoms with Crippen molar-refractivity contribution in [3.63, 3.8) is 0 Å². The summed E-state index contributed by atoms with van der Waals surface area (Å²) in [6.45, 7) is 4.20. The molecule has 2 atom stereocenters. The Balaban J connectivity index is 1.90. The van der Waals surface area contributed by atoms with E-state index in [0.717, 1.165) is 31.4 Å². The lowest BCUT2D eigenvalue weighted by atomic mass is 10.1. The van der Waals surface area contributed by atoms with E-state index in [9.17, 15) is 4.79 Å². The highest BCUT2D eigenvalue weighted by Gasteiger charge is 2.24. The molecule has 1 fully saturated rings. The van der Waals surface area contributed by atoms with Gasteiger partial charge < -0.3 is 15.6 Å². The van der Waals surface area contributed by atoms with E-state index in [1.54, 1.807) is 6.07 Å². The minimum atomic E-state index is -0.159. The van der Waals surface area contributed by atoms with E-state index in [-0.39, 0.29) is 18.0 Å². The number of rotatable bonds is 4. The number of carbonyl (C=O) groups is 1. The average Bonchev–Trinajstić information content (AvgIpc) is 2.87. The van der Waals surface area contributed by atoms with Crippen molar-refractivity contribution in [1.29, 1.82) is 0 Å². The Kier molecular flexibility index (Phi) is 4.01. The molecule has 0 bridgehead atoms. The first-order chi connectivity index (χ1) is 8.54. The van der Waals surface area contributed by atoms with Gasteiger partial charge in [-0.3, -0.25) is 4.79 Å². The van der Waals surface area contributed by atoms with Gasteiger partial charge in [-0.05, 0) is 25.2 Å². The normalized spacial score (nSPS) is 23.6. The minimum absolute atomic E-state index is 0.159. The molecule has 18 heavy (non-hydrogen) atoms. The topological polar surface area (TPSA) is 81.2 Å². The second-order valence-corrected chi connectivity index (χ2v) is 5.52. The van der Waals surface area contributed by atoms with Gasteiger partial charge in [-0.2, -0.15) is 0 Å². The number of hydrogen-bond acceptors (Lipinski definition) is 4. The summed E-state index contributed by atoms with van der Waals surface area (Å²) in [5.41, 5.74) is 6.18. The fourth-order valence-electron chi connectivity index (χ4n) is 2.33. The summed E-state index contributed by atoms with van der Waals surface area (Å²) in [4.78, 5) is 11.9. The van der Waals surface area contributed by atoms with Crippen LogP contribution in [0.3, 0.4) is 0 Å². The summed E-state index contributed by atoms with van der Waals surface area (Å²) in [6.07, 6.45) is 3.57. The third-order valence-corrected chi connectivity index (χ3v) is 3.21. The van der Waals surface area contributed by atoms with E-state index in [2.05, 4.69) is 24.3 Å². The predicted molar refractivity (Wildman–Crippen MR) is 68.1 cm³/mol. The van der Waals surface area contributed by atoms with Crippen LogP contribution >= 0.6 is 0 Å². The van der Waals surface area contributed by atoms with E-state index in [1.807, 2.05) is 0 Å². The maximum absolute atomic E-state index is 11.9. The SMILES string of the molecule is CC(C)Cc1cc(C(=O)N[C@@H]2CC[C@@H](N)C2)no1. The zero-order valence-electron chi connectivity index (χ0n) is 11.0. The van der Waals surface area contributed by atoms with Crippen LogP contribution in [-0.4, -0.2) is 23.1 Å². The Morgan fingerprint density at radius 3 is 3.00 bits per heavy atom. The summed E-state index contributed by atoms with van der Waals surface area (Å²) in [6, 6.07) is 2.12. The van der Waals surface area contributed by atoms with Crippen molar-refractivity contribution < 1.29 is 9.32 Å². The van der Waals surface area contributed by atoms with Gasteiger partial charge in [0.1, 0.15) is 5.76 Å². The smallest absolute Gasteiger partial charge is 0.273 e. The molecule has 1 aliphatic rings. The largest absolute Gasteiger partial charge is 0.361 e. The quantitative estimate of drug-likeness (QED) is 0.849. The first-order valence-corrected chi connectivity index (χ1v) is 6.56. The highest BCUT2D eigenvalue weighted by Crippen LogP contribution is 2.18. The number of hydrogen-bond donors (Lipinski definition) is 2. The fourth-order valence-corrected chi connectivity index (χ4v) is 2.33. The van der Waals surface area contributed by atoms with Gasteiger partial charge in [-0.25, -0.2) is 0 Å². The number of amides is 1.